The molecule has 0 atom stereocenters. The third kappa shape index (κ3) is 4.48. The molecule has 7 aromatic heterocycles. The molecule has 0 spiro atoms. The molecule has 11 heteroatoms. The van der Waals surface area contributed by atoms with E-state index in [1.807, 2.05) is 23.5 Å². The van der Waals surface area contributed by atoms with Crippen LogP contribution in [-0.2, 0) is 0 Å². The summed E-state index contributed by atoms with van der Waals surface area (Å²) in [7, 11) is 0. The van der Waals surface area contributed by atoms with Crippen LogP contribution in [0.1, 0.15) is 20.7 Å². The van der Waals surface area contributed by atoms with Gasteiger partial charge in [-0.25, -0.2) is 14.6 Å². The quantitative estimate of drug-likeness (QED) is 0.198. The van der Waals surface area contributed by atoms with Crippen molar-refractivity contribution in [3.8, 4) is 43.0 Å². The van der Waals surface area contributed by atoms with Gasteiger partial charge in [0.15, 0.2) is 0 Å². The van der Waals surface area contributed by atoms with Crippen molar-refractivity contribution in [2.24, 2.45) is 0 Å². The number of hydrogen-bond donors (Lipinski definition) is 2. The Morgan fingerprint density at radius 3 is 1.85 bits per heavy atom. The molecule has 0 aliphatic heterocycles. The zero-order valence-corrected chi connectivity index (χ0v) is 23.5. The lowest BCUT2D eigenvalue weighted by Crippen LogP contribution is -2.02. The zero-order chi connectivity index (χ0) is 27.4. The summed E-state index contributed by atoms with van der Waals surface area (Å²) in [5.74, 6) is -2.24. The summed E-state index contributed by atoms with van der Waals surface area (Å²) in [5, 5.41) is 21.2. The van der Waals surface area contributed by atoms with Crippen LogP contribution in [0, 0.1) is 0 Å². The summed E-state index contributed by atoms with van der Waals surface area (Å²) in [5.41, 5.74) is 2.38. The molecule has 0 amide bonds. The van der Waals surface area contributed by atoms with Gasteiger partial charge in [0, 0.05) is 45.8 Å². The fourth-order valence-electron chi connectivity index (χ4n) is 4.33. The van der Waals surface area contributed by atoms with Gasteiger partial charge in [0.05, 0.1) is 33.9 Å². The van der Waals surface area contributed by atoms with Crippen molar-refractivity contribution >= 4 is 76.1 Å². The van der Waals surface area contributed by atoms with Crippen LogP contribution in [-0.4, -0.2) is 37.1 Å². The highest BCUT2D eigenvalue weighted by Gasteiger charge is 2.16. The molecule has 2 N–H and O–H groups in total. The minimum atomic E-state index is -1.13. The Balaban J connectivity index is 1.25. The molecule has 0 unspecified atom stereocenters. The number of carboxylic acids is 2. The molecule has 194 valence electrons. The number of rotatable bonds is 6. The number of aromatic nitrogens is 3. The van der Waals surface area contributed by atoms with Gasteiger partial charge in [-0.1, -0.05) is 0 Å². The van der Waals surface area contributed by atoms with E-state index in [1.165, 1.54) is 59.0 Å². The minimum Gasteiger partial charge on any atom is -0.478 e. The van der Waals surface area contributed by atoms with E-state index in [9.17, 15) is 19.8 Å². The third-order valence-corrected chi connectivity index (χ3v) is 10.9. The van der Waals surface area contributed by atoms with Crippen LogP contribution >= 0.6 is 45.3 Å². The van der Waals surface area contributed by atoms with Crippen LogP contribution in [0.5, 0.6) is 0 Å². The predicted octanol–water partition coefficient (Wildman–Crippen LogP) is 8.49. The first-order chi connectivity index (χ1) is 19.4. The van der Waals surface area contributed by atoms with Crippen molar-refractivity contribution in [1.82, 2.24) is 15.0 Å². The summed E-state index contributed by atoms with van der Waals surface area (Å²) in [6, 6.07) is 18.2. The number of pyridine rings is 3. The smallest absolute Gasteiger partial charge is 0.335 e. The second-order valence-corrected chi connectivity index (χ2v) is 13.0. The third-order valence-electron chi connectivity index (χ3n) is 6.24. The summed E-state index contributed by atoms with van der Waals surface area (Å²) < 4.78 is 5.05. The minimum absolute atomic E-state index is 0.00680. The first-order valence-corrected chi connectivity index (χ1v) is 15.2. The van der Waals surface area contributed by atoms with Gasteiger partial charge >= 0.3 is 11.9 Å². The maximum Gasteiger partial charge on any atom is 0.335 e. The van der Waals surface area contributed by atoms with Crippen LogP contribution in [0.4, 0.5) is 0 Å². The van der Waals surface area contributed by atoms with Crippen LogP contribution in [0.2, 0.25) is 0 Å². The lowest BCUT2D eigenvalue weighted by atomic mass is 10.1. The first kappa shape index (κ1) is 24.7. The van der Waals surface area contributed by atoms with Crippen LogP contribution in [0.15, 0.2) is 78.4 Å². The van der Waals surface area contributed by atoms with Gasteiger partial charge in [0.1, 0.15) is 0 Å². The molecule has 7 nitrogen and oxygen atoms in total. The van der Waals surface area contributed by atoms with E-state index >= 15 is 0 Å². The average Bonchev–Trinajstić information content (AvgIpc) is 3.73. The Bertz CT molecular complexity index is 2040. The number of aromatic carboxylic acids is 2. The van der Waals surface area contributed by atoms with Gasteiger partial charge in [-0.05, 0) is 71.6 Å². The Morgan fingerprint density at radius 1 is 0.575 bits per heavy atom. The fourth-order valence-corrected chi connectivity index (χ4v) is 8.90. The van der Waals surface area contributed by atoms with Crippen molar-refractivity contribution in [2.45, 2.75) is 0 Å². The molecule has 7 heterocycles. The molecule has 0 aliphatic carbocycles. The predicted molar refractivity (Wildman–Crippen MR) is 162 cm³/mol. The molecule has 0 aliphatic rings. The maximum absolute atomic E-state index is 11.9. The first-order valence-electron chi connectivity index (χ1n) is 11.8. The largest absolute Gasteiger partial charge is 0.478 e. The molecule has 0 saturated carbocycles. The van der Waals surface area contributed by atoms with E-state index in [1.54, 1.807) is 40.2 Å². The van der Waals surface area contributed by atoms with E-state index in [-0.39, 0.29) is 22.5 Å². The lowest BCUT2D eigenvalue weighted by molar-refractivity contribution is 0.0686. The Hall–Kier alpha value is -4.29. The molecule has 0 radical (unpaired) electrons. The van der Waals surface area contributed by atoms with Crippen LogP contribution in [0.25, 0.3) is 61.8 Å². The SMILES string of the molecule is O=C(O)c1ccnc(-c2cc(C(=O)O)cc(-c3cc(-c4cc5sc(-c6cc7sccc7s6)cc5s4)ccn3)n2)c1. The summed E-state index contributed by atoms with van der Waals surface area (Å²) in [6.45, 7) is 0. The van der Waals surface area contributed by atoms with E-state index < -0.39 is 11.9 Å². The van der Waals surface area contributed by atoms with Crippen molar-refractivity contribution in [3.05, 3.63) is 89.6 Å². The Kier molecular flexibility index (Phi) is 6.01. The van der Waals surface area contributed by atoms with Gasteiger partial charge in [0.2, 0.25) is 0 Å². The molecule has 0 bridgehead atoms. The second-order valence-electron chi connectivity index (χ2n) is 8.81. The van der Waals surface area contributed by atoms with Crippen molar-refractivity contribution in [1.29, 1.82) is 0 Å². The molecule has 7 rings (SSSR count). The van der Waals surface area contributed by atoms with Crippen molar-refractivity contribution < 1.29 is 19.8 Å². The van der Waals surface area contributed by atoms with Gasteiger partial charge in [-0.3, -0.25) is 9.97 Å². The average molecular weight is 598 g/mol. The Labute approximate surface area is 242 Å². The highest BCUT2D eigenvalue weighted by atomic mass is 32.1. The topological polar surface area (TPSA) is 113 Å². The number of hydrogen-bond acceptors (Lipinski definition) is 9. The second kappa shape index (κ2) is 9.72. The maximum atomic E-state index is 11.9. The lowest BCUT2D eigenvalue weighted by Gasteiger charge is -2.08. The van der Waals surface area contributed by atoms with Gasteiger partial charge in [-0.2, -0.15) is 0 Å². The van der Waals surface area contributed by atoms with Crippen LogP contribution < -0.4 is 0 Å². The standard InChI is InChI=1S/C29H15N3O4S4/c33-28(34)15-2-5-31-18(8-15)20-10-16(29(35)36)9-19(32-20)17-7-14(1-4-30-17)22-11-24-26(39-22)13-27(40-24)25-12-23-21(38-25)3-6-37-23/h1-13H,(H,33,34)(H,35,36). The Morgan fingerprint density at radius 2 is 1.15 bits per heavy atom. The highest BCUT2D eigenvalue weighted by Crippen LogP contribution is 2.45. The van der Waals surface area contributed by atoms with Crippen LogP contribution in [0.3, 0.4) is 0 Å². The zero-order valence-electron chi connectivity index (χ0n) is 20.2. The molecule has 7 aromatic rings. The molecular formula is C29H15N3O4S4. The monoisotopic (exact) mass is 597 g/mol. The van der Waals surface area contributed by atoms with Gasteiger partial charge in [-0.15, -0.1) is 45.3 Å². The number of fused-ring (bicyclic) bond motifs is 2. The highest BCUT2D eigenvalue weighted by molar-refractivity contribution is 7.34. The fraction of sp³-hybridized carbons (Fsp3) is 0. The summed E-state index contributed by atoms with van der Waals surface area (Å²) >= 11 is 7.05. The van der Waals surface area contributed by atoms with E-state index in [4.69, 9.17) is 0 Å². The van der Waals surface area contributed by atoms with E-state index in [2.05, 4.69) is 44.6 Å². The van der Waals surface area contributed by atoms with Gasteiger partial charge in [0.25, 0.3) is 0 Å². The molecule has 0 saturated heterocycles. The van der Waals surface area contributed by atoms with Crippen molar-refractivity contribution in [3.63, 3.8) is 0 Å². The van der Waals surface area contributed by atoms with E-state index in [0.29, 0.717) is 11.4 Å². The number of thiophene rings is 4. The normalized spacial score (nSPS) is 11.4. The molecular weight excluding hydrogens is 583 g/mol. The van der Waals surface area contributed by atoms with Gasteiger partial charge < -0.3 is 10.2 Å². The number of carbonyl (C=O) groups is 2. The van der Waals surface area contributed by atoms with E-state index in [0.717, 1.165) is 10.4 Å². The molecule has 40 heavy (non-hydrogen) atoms. The number of carboxylic acid groups (broad SMARTS) is 2. The summed E-state index contributed by atoms with van der Waals surface area (Å²) in [4.78, 5) is 40.3. The number of nitrogens with zero attached hydrogens (tertiary/aromatic N) is 3. The molecule has 0 aromatic carbocycles. The van der Waals surface area contributed by atoms with Crippen molar-refractivity contribution in [2.75, 3.05) is 0 Å². The summed E-state index contributed by atoms with van der Waals surface area (Å²) in [6.07, 6.45) is 3.04. The molecule has 0 fully saturated rings.